The Labute approximate surface area is 103 Å². The molecule has 1 atom stereocenters. The lowest BCUT2D eigenvalue weighted by Gasteiger charge is -2.12. The van der Waals surface area contributed by atoms with Crippen molar-refractivity contribution in [3.8, 4) is 0 Å². The standard InChI is InChI=1S/C15H18N2/c1-2-6-12-7-5-8-13(11-12)15(16)14-9-3-4-10-17-14/h3-5,7-11,15H,2,6,16H2,1H3. The summed E-state index contributed by atoms with van der Waals surface area (Å²) >= 11 is 0. The molecule has 0 fully saturated rings. The third kappa shape index (κ3) is 2.92. The van der Waals surface area contributed by atoms with Gasteiger partial charge >= 0.3 is 0 Å². The van der Waals surface area contributed by atoms with Crippen LogP contribution in [0.3, 0.4) is 0 Å². The summed E-state index contributed by atoms with van der Waals surface area (Å²) < 4.78 is 0. The first-order valence-electron chi connectivity index (χ1n) is 6.06. The number of hydrogen-bond donors (Lipinski definition) is 1. The smallest absolute Gasteiger partial charge is 0.0726 e. The maximum atomic E-state index is 6.22. The molecule has 17 heavy (non-hydrogen) atoms. The van der Waals surface area contributed by atoms with Crippen molar-refractivity contribution in [2.24, 2.45) is 5.73 Å². The number of aryl methyl sites for hydroxylation is 1. The fraction of sp³-hybridized carbons (Fsp3) is 0.267. The highest BCUT2D eigenvalue weighted by atomic mass is 14.8. The van der Waals surface area contributed by atoms with Crippen LogP contribution in [0, 0.1) is 0 Å². The van der Waals surface area contributed by atoms with E-state index in [-0.39, 0.29) is 6.04 Å². The Bertz CT molecular complexity index is 465. The molecule has 0 amide bonds. The summed E-state index contributed by atoms with van der Waals surface area (Å²) in [5.41, 5.74) is 9.61. The van der Waals surface area contributed by atoms with E-state index in [4.69, 9.17) is 5.73 Å². The molecule has 1 heterocycles. The van der Waals surface area contributed by atoms with Crippen molar-refractivity contribution in [1.82, 2.24) is 4.98 Å². The molecule has 0 bridgehead atoms. The Hall–Kier alpha value is -1.67. The van der Waals surface area contributed by atoms with Crippen LogP contribution >= 0.6 is 0 Å². The molecular weight excluding hydrogens is 208 g/mol. The largest absolute Gasteiger partial charge is 0.319 e. The molecule has 1 unspecified atom stereocenters. The number of rotatable bonds is 4. The van der Waals surface area contributed by atoms with Gasteiger partial charge in [-0.1, -0.05) is 43.7 Å². The van der Waals surface area contributed by atoms with Crippen molar-refractivity contribution < 1.29 is 0 Å². The second-order valence-corrected chi connectivity index (χ2v) is 4.23. The average molecular weight is 226 g/mol. The van der Waals surface area contributed by atoms with E-state index >= 15 is 0 Å². The van der Waals surface area contributed by atoms with Crippen LogP contribution in [0.2, 0.25) is 0 Å². The average Bonchev–Trinajstić information content (AvgIpc) is 2.40. The van der Waals surface area contributed by atoms with Crippen LogP contribution in [0.25, 0.3) is 0 Å². The van der Waals surface area contributed by atoms with Crippen molar-refractivity contribution in [3.05, 3.63) is 65.5 Å². The van der Waals surface area contributed by atoms with Gasteiger partial charge in [-0.05, 0) is 29.7 Å². The molecule has 1 aromatic carbocycles. The predicted octanol–water partition coefficient (Wildman–Crippen LogP) is 3.08. The molecule has 2 heteroatoms. The van der Waals surface area contributed by atoms with Crippen molar-refractivity contribution >= 4 is 0 Å². The molecule has 2 N–H and O–H groups in total. The van der Waals surface area contributed by atoms with Crippen molar-refractivity contribution in [2.75, 3.05) is 0 Å². The highest BCUT2D eigenvalue weighted by Crippen LogP contribution is 2.19. The number of hydrogen-bond acceptors (Lipinski definition) is 2. The van der Waals surface area contributed by atoms with Crippen LogP contribution in [0.15, 0.2) is 48.7 Å². The van der Waals surface area contributed by atoms with Gasteiger partial charge in [0.05, 0.1) is 11.7 Å². The van der Waals surface area contributed by atoms with Crippen molar-refractivity contribution in [1.29, 1.82) is 0 Å². The number of pyridine rings is 1. The molecule has 0 aliphatic heterocycles. The first-order valence-corrected chi connectivity index (χ1v) is 6.06. The van der Waals surface area contributed by atoms with Gasteiger partial charge in [-0.15, -0.1) is 0 Å². The summed E-state index contributed by atoms with van der Waals surface area (Å²) in [6.45, 7) is 2.19. The lowest BCUT2D eigenvalue weighted by molar-refractivity contribution is 0.822. The molecule has 0 saturated carbocycles. The molecule has 2 nitrogen and oxygen atoms in total. The van der Waals surface area contributed by atoms with Gasteiger partial charge in [0.2, 0.25) is 0 Å². The van der Waals surface area contributed by atoms with E-state index in [1.165, 1.54) is 5.56 Å². The Kier molecular flexibility index (Phi) is 3.89. The third-order valence-corrected chi connectivity index (χ3v) is 2.86. The quantitative estimate of drug-likeness (QED) is 0.870. The van der Waals surface area contributed by atoms with E-state index in [0.717, 1.165) is 24.1 Å². The number of nitrogens with zero attached hydrogens (tertiary/aromatic N) is 1. The van der Waals surface area contributed by atoms with Gasteiger partial charge in [-0.25, -0.2) is 0 Å². The predicted molar refractivity (Wildman–Crippen MR) is 70.7 cm³/mol. The van der Waals surface area contributed by atoms with Gasteiger partial charge < -0.3 is 5.73 Å². The minimum absolute atomic E-state index is 0.131. The maximum absolute atomic E-state index is 6.22. The molecule has 2 aromatic rings. The van der Waals surface area contributed by atoms with Gasteiger partial charge in [0, 0.05) is 6.20 Å². The van der Waals surface area contributed by atoms with Crippen LogP contribution in [0.4, 0.5) is 0 Å². The SMILES string of the molecule is CCCc1cccc(C(N)c2ccccn2)c1. The molecule has 2 rings (SSSR count). The maximum Gasteiger partial charge on any atom is 0.0726 e. The third-order valence-electron chi connectivity index (χ3n) is 2.86. The second-order valence-electron chi connectivity index (χ2n) is 4.23. The van der Waals surface area contributed by atoms with Crippen molar-refractivity contribution in [2.45, 2.75) is 25.8 Å². The van der Waals surface area contributed by atoms with E-state index in [1.54, 1.807) is 6.20 Å². The zero-order valence-corrected chi connectivity index (χ0v) is 10.1. The number of aromatic nitrogens is 1. The van der Waals surface area contributed by atoms with Gasteiger partial charge in [0.15, 0.2) is 0 Å². The highest BCUT2D eigenvalue weighted by Gasteiger charge is 2.09. The van der Waals surface area contributed by atoms with Crippen LogP contribution in [-0.4, -0.2) is 4.98 Å². The van der Waals surface area contributed by atoms with E-state index in [1.807, 2.05) is 18.2 Å². The van der Waals surface area contributed by atoms with Gasteiger partial charge in [-0.3, -0.25) is 4.98 Å². The zero-order valence-electron chi connectivity index (χ0n) is 10.1. The molecule has 0 aliphatic rings. The summed E-state index contributed by atoms with van der Waals surface area (Å²) in [6, 6.07) is 14.2. The van der Waals surface area contributed by atoms with Crippen LogP contribution < -0.4 is 5.73 Å². The van der Waals surface area contributed by atoms with E-state index < -0.39 is 0 Å². The molecular formula is C15H18N2. The summed E-state index contributed by atoms with van der Waals surface area (Å²) in [4.78, 5) is 4.31. The lowest BCUT2D eigenvalue weighted by Crippen LogP contribution is -2.13. The Morgan fingerprint density at radius 1 is 1.18 bits per heavy atom. The highest BCUT2D eigenvalue weighted by molar-refractivity contribution is 5.31. The summed E-state index contributed by atoms with van der Waals surface area (Å²) in [7, 11) is 0. The molecule has 0 aliphatic carbocycles. The molecule has 1 aromatic heterocycles. The summed E-state index contributed by atoms with van der Waals surface area (Å²) in [5.74, 6) is 0. The Morgan fingerprint density at radius 2 is 2.06 bits per heavy atom. The first kappa shape index (κ1) is 11.8. The molecule has 0 saturated heterocycles. The van der Waals surface area contributed by atoms with E-state index in [2.05, 4.69) is 36.2 Å². The minimum Gasteiger partial charge on any atom is -0.319 e. The fourth-order valence-corrected chi connectivity index (χ4v) is 1.96. The molecule has 88 valence electrons. The van der Waals surface area contributed by atoms with Gasteiger partial charge in [0.25, 0.3) is 0 Å². The summed E-state index contributed by atoms with van der Waals surface area (Å²) in [5, 5.41) is 0. The van der Waals surface area contributed by atoms with E-state index in [9.17, 15) is 0 Å². The number of benzene rings is 1. The first-order chi connectivity index (χ1) is 8.31. The number of nitrogens with two attached hydrogens (primary N) is 1. The van der Waals surface area contributed by atoms with Crippen molar-refractivity contribution in [3.63, 3.8) is 0 Å². The van der Waals surface area contributed by atoms with Gasteiger partial charge in [-0.2, -0.15) is 0 Å². The Morgan fingerprint density at radius 3 is 2.76 bits per heavy atom. The molecule has 0 radical (unpaired) electrons. The van der Waals surface area contributed by atoms with Crippen LogP contribution in [0.5, 0.6) is 0 Å². The van der Waals surface area contributed by atoms with Gasteiger partial charge in [0.1, 0.15) is 0 Å². The summed E-state index contributed by atoms with van der Waals surface area (Å²) in [6.07, 6.45) is 4.04. The lowest BCUT2D eigenvalue weighted by atomic mass is 10.00. The second kappa shape index (κ2) is 5.60. The monoisotopic (exact) mass is 226 g/mol. The van der Waals surface area contributed by atoms with E-state index in [0.29, 0.717) is 0 Å². The molecule has 0 spiro atoms. The van der Waals surface area contributed by atoms with Crippen LogP contribution in [-0.2, 0) is 6.42 Å². The minimum atomic E-state index is -0.131. The van der Waals surface area contributed by atoms with Crippen LogP contribution in [0.1, 0.15) is 36.2 Å². The fourth-order valence-electron chi connectivity index (χ4n) is 1.96. The topological polar surface area (TPSA) is 38.9 Å². The Balaban J connectivity index is 2.25. The normalized spacial score (nSPS) is 12.4. The zero-order chi connectivity index (χ0) is 12.1.